The second-order valence-electron chi connectivity index (χ2n) is 8.62. The number of nitrogens with zero attached hydrogens (tertiary/aromatic N) is 2. The number of benzene rings is 1. The number of hydrogen-bond donors (Lipinski definition) is 1. The zero-order chi connectivity index (χ0) is 21.1. The molecule has 0 aliphatic rings. The number of thiazole rings is 1. The molecule has 28 heavy (non-hydrogen) atoms. The molecule has 2 rings (SSSR count). The lowest BCUT2D eigenvalue weighted by Crippen LogP contribution is -2.40. The highest BCUT2D eigenvalue weighted by Crippen LogP contribution is 2.23. The molecule has 2 amide bonds. The van der Waals surface area contributed by atoms with Gasteiger partial charge >= 0.3 is 0 Å². The van der Waals surface area contributed by atoms with E-state index in [0.29, 0.717) is 17.2 Å². The van der Waals surface area contributed by atoms with Crippen LogP contribution in [0.5, 0.6) is 0 Å². The number of aryl methyl sites for hydroxylation is 2. The number of rotatable bonds is 6. The Labute approximate surface area is 172 Å². The molecule has 0 aliphatic heterocycles. The molecule has 0 saturated carbocycles. The van der Waals surface area contributed by atoms with Crippen LogP contribution in [0.15, 0.2) is 24.3 Å². The summed E-state index contributed by atoms with van der Waals surface area (Å²) in [5.41, 5.74) is 2.71. The fourth-order valence-corrected chi connectivity index (χ4v) is 3.64. The van der Waals surface area contributed by atoms with Crippen LogP contribution < -0.4 is 5.32 Å². The third kappa shape index (κ3) is 5.89. The van der Waals surface area contributed by atoms with E-state index in [1.807, 2.05) is 52.0 Å². The Morgan fingerprint density at radius 2 is 1.75 bits per heavy atom. The molecule has 1 aromatic carbocycles. The molecule has 0 unspecified atom stereocenters. The molecule has 1 heterocycles. The molecule has 5 nitrogen and oxygen atoms in total. The van der Waals surface area contributed by atoms with Crippen molar-refractivity contribution in [1.29, 1.82) is 0 Å². The van der Waals surface area contributed by atoms with Crippen molar-refractivity contribution < 1.29 is 9.59 Å². The number of nitrogens with one attached hydrogen (secondary N) is 1. The average Bonchev–Trinajstić information content (AvgIpc) is 2.89. The highest BCUT2D eigenvalue weighted by molar-refractivity contribution is 7.15. The minimum absolute atomic E-state index is 0.00963. The van der Waals surface area contributed by atoms with Gasteiger partial charge in [-0.15, -0.1) is 11.3 Å². The maximum absolute atomic E-state index is 13.0. The maximum Gasteiger partial charge on any atom is 0.254 e. The van der Waals surface area contributed by atoms with E-state index in [9.17, 15) is 9.59 Å². The van der Waals surface area contributed by atoms with Crippen LogP contribution in [-0.2, 0) is 10.2 Å². The Balaban J connectivity index is 2.13. The van der Waals surface area contributed by atoms with E-state index in [2.05, 4.69) is 31.1 Å². The monoisotopic (exact) mass is 401 g/mol. The van der Waals surface area contributed by atoms with Crippen molar-refractivity contribution in [2.24, 2.45) is 5.92 Å². The summed E-state index contributed by atoms with van der Waals surface area (Å²) in [6.07, 6.45) is 0. The maximum atomic E-state index is 13.0. The van der Waals surface area contributed by atoms with E-state index < -0.39 is 0 Å². The zero-order valence-electron chi connectivity index (χ0n) is 17.9. The van der Waals surface area contributed by atoms with Crippen molar-refractivity contribution in [2.45, 2.75) is 53.9 Å². The van der Waals surface area contributed by atoms with E-state index in [1.165, 1.54) is 16.9 Å². The molecule has 6 heteroatoms. The molecule has 2 aromatic rings. The Hall–Kier alpha value is -2.21. The summed E-state index contributed by atoms with van der Waals surface area (Å²) in [6.45, 7) is 14.9. The van der Waals surface area contributed by atoms with Crippen LogP contribution in [0.4, 0.5) is 5.13 Å². The molecular formula is C22H31N3O2S. The predicted molar refractivity (Wildman–Crippen MR) is 116 cm³/mol. The summed E-state index contributed by atoms with van der Waals surface area (Å²) in [7, 11) is 0. The zero-order valence-corrected chi connectivity index (χ0v) is 18.7. The summed E-state index contributed by atoms with van der Waals surface area (Å²) < 4.78 is 0. The largest absolute Gasteiger partial charge is 0.329 e. The van der Waals surface area contributed by atoms with Gasteiger partial charge in [-0.1, -0.05) is 46.8 Å². The first-order valence-electron chi connectivity index (χ1n) is 9.61. The Morgan fingerprint density at radius 3 is 2.21 bits per heavy atom. The summed E-state index contributed by atoms with van der Waals surface area (Å²) >= 11 is 1.45. The van der Waals surface area contributed by atoms with Gasteiger partial charge < -0.3 is 10.2 Å². The minimum atomic E-state index is -0.228. The van der Waals surface area contributed by atoms with Crippen LogP contribution >= 0.6 is 11.3 Å². The first-order valence-corrected chi connectivity index (χ1v) is 10.4. The standard InChI is InChI=1S/C22H31N3O2S/c1-14(2)12-25(13-19(26)24-21-23-15(3)16(4)28-21)20(27)17-8-10-18(11-9-17)22(5,6)7/h8-11,14H,12-13H2,1-7H3,(H,23,24,26). The summed E-state index contributed by atoms with van der Waals surface area (Å²) in [6, 6.07) is 7.67. The van der Waals surface area contributed by atoms with Gasteiger partial charge in [0, 0.05) is 17.0 Å². The number of hydrogen-bond acceptors (Lipinski definition) is 4. The fourth-order valence-electron chi connectivity index (χ4n) is 2.81. The second kappa shape index (κ2) is 8.86. The molecule has 1 aromatic heterocycles. The van der Waals surface area contributed by atoms with Gasteiger partial charge in [0.15, 0.2) is 5.13 Å². The number of aromatic nitrogens is 1. The van der Waals surface area contributed by atoms with Crippen molar-refractivity contribution in [2.75, 3.05) is 18.4 Å². The van der Waals surface area contributed by atoms with Crippen molar-refractivity contribution in [3.8, 4) is 0 Å². The quantitative estimate of drug-likeness (QED) is 0.757. The predicted octanol–water partition coefficient (Wildman–Crippen LogP) is 4.79. The van der Waals surface area contributed by atoms with Gasteiger partial charge in [0.05, 0.1) is 5.69 Å². The molecule has 1 N–H and O–H groups in total. The molecular weight excluding hydrogens is 370 g/mol. The lowest BCUT2D eigenvalue weighted by atomic mass is 9.86. The third-order valence-electron chi connectivity index (χ3n) is 4.48. The lowest BCUT2D eigenvalue weighted by molar-refractivity contribution is -0.117. The number of carbonyl (C=O) groups excluding carboxylic acids is 2. The second-order valence-corrected chi connectivity index (χ2v) is 9.82. The van der Waals surface area contributed by atoms with Gasteiger partial charge in [-0.3, -0.25) is 9.59 Å². The average molecular weight is 402 g/mol. The topological polar surface area (TPSA) is 62.3 Å². The van der Waals surface area contributed by atoms with Gasteiger partial charge in [0.25, 0.3) is 5.91 Å². The summed E-state index contributed by atoms with van der Waals surface area (Å²) in [5, 5.41) is 3.39. The minimum Gasteiger partial charge on any atom is -0.329 e. The van der Waals surface area contributed by atoms with Crippen molar-refractivity contribution in [3.05, 3.63) is 46.0 Å². The first kappa shape index (κ1) is 22.1. The van der Waals surface area contributed by atoms with E-state index >= 15 is 0 Å². The van der Waals surface area contributed by atoms with Crippen LogP contribution in [0.3, 0.4) is 0 Å². The van der Waals surface area contributed by atoms with Crippen LogP contribution in [0, 0.1) is 19.8 Å². The molecule has 0 spiro atoms. The van der Waals surface area contributed by atoms with Gasteiger partial charge in [0.2, 0.25) is 5.91 Å². The van der Waals surface area contributed by atoms with Crippen LogP contribution in [0.1, 0.15) is 61.1 Å². The molecule has 152 valence electrons. The van der Waals surface area contributed by atoms with Crippen molar-refractivity contribution in [1.82, 2.24) is 9.88 Å². The molecule has 0 aliphatic carbocycles. The SMILES string of the molecule is Cc1nc(NC(=O)CN(CC(C)C)C(=O)c2ccc(C(C)(C)C)cc2)sc1C. The van der Waals surface area contributed by atoms with Gasteiger partial charge in [0.1, 0.15) is 6.54 Å². The van der Waals surface area contributed by atoms with Crippen LogP contribution in [0.25, 0.3) is 0 Å². The van der Waals surface area contributed by atoms with Crippen LogP contribution in [-0.4, -0.2) is 34.8 Å². The summed E-state index contributed by atoms with van der Waals surface area (Å²) in [5.74, 6) is -0.0974. The fraction of sp³-hybridized carbons (Fsp3) is 0.500. The number of carbonyl (C=O) groups is 2. The molecule has 0 saturated heterocycles. The van der Waals surface area contributed by atoms with Gasteiger partial charge in [-0.25, -0.2) is 4.98 Å². The van der Waals surface area contributed by atoms with Crippen LogP contribution in [0.2, 0.25) is 0 Å². The lowest BCUT2D eigenvalue weighted by Gasteiger charge is -2.25. The van der Waals surface area contributed by atoms with Crippen molar-refractivity contribution >= 4 is 28.3 Å². The molecule has 0 atom stereocenters. The van der Waals surface area contributed by atoms with Gasteiger partial charge in [-0.05, 0) is 42.9 Å². The molecule has 0 radical (unpaired) electrons. The van der Waals surface area contributed by atoms with E-state index in [-0.39, 0.29) is 29.7 Å². The number of amides is 2. The molecule has 0 fully saturated rings. The van der Waals surface area contributed by atoms with E-state index in [0.717, 1.165) is 10.6 Å². The van der Waals surface area contributed by atoms with E-state index in [4.69, 9.17) is 0 Å². The smallest absolute Gasteiger partial charge is 0.254 e. The van der Waals surface area contributed by atoms with Crippen molar-refractivity contribution in [3.63, 3.8) is 0 Å². The Bertz CT molecular complexity index is 813. The third-order valence-corrected chi connectivity index (χ3v) is 5.47. The normalized spacial score (nSPS) is 11.6. The highest BCUT2D eigenvalue weighted by atomic mass is 32.1. The van der Waals surface area contributed by atoms with Gasteiger partial charge in [-0.2, -0.15) is 0 Å². The Kier molecular flexibility index (Phi) is 6.99. The number of anilines is 1. The molecule has 0 bridgehead atoms. The van der Waals surface area contributed by atoms with E-state index in [1.54, 1.807) is 4.90 Å². The first-order chi connectivity index (χ1) is 13.0. The Morgan fingerprint density at radius 1 is 1.14 bits per heavy atom. The summed E-state index contributed by atoms with van der Waals surface area (Å²) in [4.78, 5) is 32.5. The highest BCUT2D eigenvalue weighted by Gasteiger charge is 2.21.